The minimum absolute atomic E-state index is 0.0678. The molecule has 2 aromatic rings. The lowest BCUT2D eigenvalue weighted by molar-refractivity contribution is -0.198. The first-order chi connectivity index (χ1) is 15.5. The average molecular weight is 435 g/mol. The number of aliphatic hydroxyl groups is 1. The first-order valence-corrected chi connectivity index (χ1v) is 12.1. The summed E-state index contributed by atoms with van der Waals surface area (Å²) in [4.78, 5) is 4.95. The second-order valence-corrected chi connectivity index (χ2v) is 10.2. The number of piperidine rings is 1. The van der Waals surface area contributed by atoms with Gasteiger partial charge >= 0.3 is 0 Å². The van der Waals surface area contributed by atoms with Gasteiger partial charge in [0.2, 0.25) is 0 Å². The molecule has 2 bridgehead atoms. The molecule has 170 valence electrons. The summed E-state index contributed by atoms with van der Waals surface area (Å²) in [6, 6.07) is 15.3. The van der Waals surface area contributed by atoms with E-state index in [4.69, 9.17) is 9.47 Å². The fourth-order valence-corrected chi connectivity index (χ4v) is 7.57. The largest absolute Gasteiger partial charge is 0.493 e. The predicted molar refractivity (Wildman–Crippen MR) is 124 cm³/mol. The second-order valence-electron chi connectivity index (χ2n) is 10.2. The summed E-state index contributed by atoms with van der Waals surface area (Å²) in [5, 5.41) is 12.5. The van der Waals surface area contributed by atoms with Gasteiger partial charge in [-0.3, -0.25) is 9.80 Å². The monoisotopic (exact) mass is 434 g/mol. The van der Waals surface area contributed by atoms with Crippen LogP contribution in [0.15, 0.2) is 42.5 Å². The third-order valence-electron chi connectivity index (χ3n) is 8.99. The summed E-state index contributed by atoms with van der Waals surface area (Å²) >= 11 is 0. The van der Waals surface area contributed by atoms with E-state index in [1.165, 1.54) is 16.7 Å². The molecule has 32 heavy (non-hydrogen) atoms. The summed E-state index contributed by atoms with van der Waals surface area (Å²) < 4.78 is 12.6. The van der Waals surface area contributed by atoms with E-state index < -0.39 is 5.60 Å². The van der Waals surface area contributed by atoms with E-state index in [1.54, 1.807) is 7.11 Å². The summed E-state index contributed by atoms with van der Waals surface area (Å²) in [6.07, 6.45) is 3.50. The fourth-order valence-electron chi connectivity index (χ4n) is 7.57. The van der Waals surface area contributed by atoms with Crippen molar-refractivity contribution in [2.75, 3.05) is 27.2 Å². The quantitative estimate of drug-likeness (QED) is 0.782. The topological polar surface area (TPSA) is 45.2 Å². The minimum Gasteiger partial charge on any atom is -0.493 e. The van der Waals surface area contributed by atoms with E-state index >= 15 is 0 Å². The highest BCUT2D eigenvalue weighted by Crippen LogP contribution is 2.65. The summed E-state index contributed by atoms with van der Waals surface area (Å²) in [5.41, 5.74) is 2.76. The number of likely N-dealkylation sites (tertiary alicyclic amines) is 1. The predicted octanol–water partition coefficient (Wildman–Crippen LogP) is 3.37. The molecule has 1 saturated carbocycles. The molecule has 1 N–H and O–H groups in total. The Bertz CT molecular complexity index is 1030. The lowest BCUT2D eigenvalue weighted by atomic mass is 9.48. The number of hydrogen-bond donors (Lipinski definition) is 1. The molecular formula is C27H34N2O3. The van der Waals surface area contributed by atoms with Gasteiger partial charge < -0.3 is 14.6 Å². The van der Waals surface area contributed by atoms with Crippen LogP contribution in [0.5, 0.6) is 11.5 Å². The van der Waals surface area contributed by atoms with Crippen LogP contribution < -0.4 is 9.47 Å². The Morgan fingerprint density at radius 2 is 2.00 bits per heavy atom. The smallest absolute Gasteiger partial charge is 0.165 e. The van der Waals surface area contributed by atoms with Crippen molar-refractivity contribution in [2.45, 2.75) is 68.4 Å². The van der Waals surface area contributed by atoms with Gasteiger partial charge in [0, 0.05) is 24.2 Å². The van der Waals surface area contributed by atoms with Gasteiger partial charge in [-0.25, -0.2) is 0 Å². The van der Waals surface area contributed by atoms with Crippen molar-refractivity contribution in [3.05, 3.63) is 59.2 Å². The Labute approximate surface area is 190 Å². The van der Waals surface area contributed by atoms with Crippen LogP contribution in [-0.2, 0) is 18.4 Å². The molecule has 0 aromatic heterocycles. The molecule has 1 spiro atoms. The van der Waals surface area contributed by atoms with Crippen LogP contribution >= 0.6 is 0 Å². The van der Waals surface area contributed by atoms with Crippen LogP contribution in [0.3, 0.4) is 0 Å². The molecule has 2 fully saturated rings. The SMILES string of the molecule is CCN1CC[C@]23c4c5ccc(OC)c4O[C@H]2[C@H](N(C)Cc2ccccc2)CC[C@@]3(O)[C@H]1C5. The molecular weight excluding hydrogens is 400 g/mol. The third-order valence-corrected chi connectivity index (χ3v) is 8.99. The van der Waals surface area contributed by atoms with Crippen LogP contribution in [0.1, 0.15) is 42.9 Å². The fraction of sp³-hybridized carbons (Fsp3) is 0.556. The normalized spacial score (nSPS) is 34.8. The highest BCUT2D eigenvalue weighted by Gasteiger charge is 2.73. The molecule has 0 radical (unpaired) electrons. The Morgan fingerprint density at radius 1 is 1.19 bits per heavy atom. The van der Waals surface area contributed by atoms with E-state index in [9.17, 15) is 5.11 Å². The van der Waals surface area contributed by atoms with Gasteiger partial charge in [0.1, 0.15) is 6.10 Å². The van der Waals surface area contributed by atoms with E-state index in [1.807, 2.05) is 0 Å². The van der Waals surface area contributed by atoms with E-state index in [0.717, 1.165) is 56.8 Å². The van der Waals surface area contributed by atoms with Crippen molar-refractivity contribution in [1.82, 2.24) is 9.80 Å². The minimum atomic E-state index is -0.763. The van der Waals surface area contributed by atoms with Crippen molar-refractivity contribution < 1.29 is 14.6 Å². The molecule has 5 heteroatoms. The molecule has 4 aliphatic rings. The van der Waals surface area contributed by atoms with Crippen molar-refractivity contribution in [3.63, 3.8) is 0 Å². The van der Waals surface area contributed by atoms with Crippen LogP contribution in [0.4, 0.5) is 0 Å². The average Bonchev–Trinajstić information content (AvgIpc) is 3.15. The number of likely N-dealkylation sites (N-methyl/N-ethyl adjacent to an activating group) is 2. The maximum absolute atomic E-state index is 12.5. The molecule has 5 atom stereocenters. The molecule has 0 amide bonds. The van der Waals surface area contributed by atoms with Gasteiger partial charge in [0.05, 0.1) is 18.1 Å². The second kappa shape index (κ2) is 7.21. The maximum atomic E-state index is 12.5. The number of hydrogen-bond acceptors (Lipinski definition) is 5. The van der Waals surface area contributed by atoms with Crippen LogP contribution in [0, 0.1) is 0 Å². The molecule has 2 aromatic carbocycles. The third kappa shape index (κ3) is 2.50. The number of rotatable bonds is 5. The Kier molecular flexibility index (Phi) is 4.62. The summed E-state index contributed by atoms with van der Waals surface area (Å²) in [5.74, 6) is 1.69. The molecule has 6 rings (SSSR count). The zero-order chi connectivity index (χ0) is 22.1. The summed E-state index contributed by atoms with van der Waals surface area (Å²) in [6.45, 7) is 5.09. The van der Waals surface area contributed by atoms with Gasteiger partial charge in [-0.15, -0.1) is 0 Å². The number of nitrogens with zero attached hydrogens (tertiary/aromatic N) is 2. The zero-order valence-corrected chi connectivity index (χ0v) is 19.4. The van der Waals surface area contributed by atoms with E-state index in [-0.39, 0.29) is 23.6 Å². The highest BCUT2D eigenvalue weighted by molar-refractivity contribution is 5.63. The van der Waals surface area contributed by atoms with Crippen LogP contribution in [0.2, 0.25) is 0 Å². The Hall–Kier alpha value is -2.08. The van der Waals surface area contributed by atoms with Crippen molar-refractivity contribution >= 4 is 0 Å². The van der Waals surface area contributed by atoms with Gasteiger partial charge in [-0.1, -0.05) is 43.3 Å². The van der Waals surface area contributed by atoms with Gasteiger partial charge in [-0.05, 0) is 63.0 Å². The Balaban J connectivity index is 1.47. The van der Waals surface area contributed by atoms with Crippen LogP contribution in [-0.4, -0.2) is 65.9 Å². The number of ether oxygens (including phenoxy) is 2. The first-order valence-electron chi connectivity index (χ1n) is 12.1. The van der Waals surface area contributed by atoms with Gasteiger partial charge in [0.25, 0.3) is 0 Å². The zero-order valence-electron chi connectivity index (χ0n) is 19.4. The Morgan fingerprint density at radius 3 is 2.75 bits per heavy atom. The van der Waals surface area contributed by atoms with Gasteiger partial charge in [0.15, 0.2) is 11.5 Å². The van der Waals surface area contributed by atoms with E-state index in [0.29, 0.717) is 0 Å². The first kappa shape index (κ1) is 20.5. The number of methoxy groups -OCH3 is 1. The highest BCUT2D eigenvalue weighted by atomic mass is 16.5. The molecule has 2 heterocycles. The van der Waals surface area contributed by atoms with Crippen molar-refractivity contribution in [2.24, 2.45) is 0 Å². The van der Waals surface area contributed by atoms with E-state index in [2.05, 4.69) is 66.2 Å². The molecule has 2 aliphatic carbocycles. The van der Waals surface area contributed by atoms with Crippen molar-refractivity contribution in [1.29, 1.82) is 0 Å². The van der Waals surface area contributed by atoms with Crippen LogP contribution in [0.25, 0.3) is 0 Å². The lowest BCUT2D eigenvalue weighted by Crippen LogP contribution is -2.78. The maximum Gasteiger partial charge on any atom is 0.165 e. The molecule has 2 aliphatic heterocycles. The lowest BCUT2D eigenvalue weighted by Gasteiger charge is -2.64. The number of benzene rings is 2. The molecule has 0 unspecified atom stereocenters. The van der Waals surface area contributed by atoms with Gasteiger partial charge in [-0.2, -0.15) is 0 Å². The van der Waals surface area contributed by atoms with Crippen molar-refractivity contribution in [3.8, 4) is 11.5 Å². The summed E-state index contributed by atoms with van der Waals surface area (Å²) in [7, 11) is 3.93. The molecule has 5 nitrogen and oxygen atoms in total. The molecule has 1 saturated heterocycles. The standard InChI is InChI=1S/C27H34N2O3/c1-4-29-15-14-26-23-19-10-11-21(31-3)24(23)32-25(26)20(12-13-27(26,30)22(29)16-19)28(2)17-18-8-6-5-7-9-18/h5-11,20,22,25,30H,4,12-17H2,1-3H3/t20-,22-,25+,26+,27-/m1/s1.